The number of phenolic OH excluding ortho intramolecular Hbond substituents is 1. The number of aryl methyl sites for hydroxylation is 1. The van der Waals surface area contributed by atoms with Crippen molar-refractivity contribution >= 4 is 5.69 Å². The summed E-state index contributed by atoms with van der Waals surface area (Å²) in [4.78, 5) is 0. The van der Waals surface area contributed by atoms with E-state index in [9.17, 15) is 0 Å². The van der Waals surface area contributed by atoms with Crippen LogP contribution in [0.5, 0.6) is 5.75 Å². The second-order valence-electron chi connectivity index (χ2n) is 2.10. The molecule has 0 bridgehead atoms. The molecule has 1 rings (SSSR count). The lowest BCUT2D eigenvalue weighted by Crippen LogP contribution is -1.70. The van der Waals surface area contributed by atoms with Crippen molar-refractivity contribution in [2.24, 2.45) is 5.11 Å². The largest absolute Gasteiger partial charge is 0.506 e. The topological polar surface area (TPSA) is 56.4 Å². The third kappa shape index (κ3) is 1.13. The van der Waals surface area contributed by atoms with Gasteiger partial charge in [0.1, 0.15) is 11.4 Å². The molecule has 3 heteroatoms. The van der Waals surface area contributed by atoms with Crippen molar-refractivity contribution in [2.45, 2.75) is 6.92 Å². The average molecular weight is 136 g/mol. The minimum absolute atomic E-state index is 0.0561. The Balaban J connectivity index is 3.21. The van der Waals surface area contributed by atoms with Crippen molar-refractivity contribution in [1.29, 1.82) is 5.53 Å². The molecule has 0 atom stereocenters. The van der Waals surface area contributed by atoms with E-state index in [1.807, 2.05) is 6.92 Å². The Morgan fingerprint density at radius 2 is 2.20 bits per heavy atom. The first-order valence-electron chi connectivity index (χ1n) is 2.91. The Morgan fingerprint density at radius 3 is 2.70 bits per heavy atom. The van der Waals surface area contributed by atoms with Gasteiger partial charge in [0.15, 0.2) is 0 Å². The maximum Gasteiger partial charge on any atom is 0.143 e. The molecule has 1 aromatic carbocycles. The quantitative estimate of drug-likeness (QED) is 0.572. The molecule has 0 fully saturated rings. The van der Waals surface area contributed by atoms with Crippen LogP contribution in [-0.2, 0) is 0 Å². The second-order valence-corrected chi connectivity index (χ2v) is 2.10. The van der Waals surface area contributed by atoms with Crippen molar-refractivity contribution in [3.63, 3.8) is 0 Å². The molecule has 52 valence electrons. The summed E-state index contributed by atoms with van der Waals surface area (Å²) in [5.74, 6) is 0.0561. The van der Waals surface area contributed by atoms with Gasteiger partial charge in [0, 0.05) is 0 Å². The van der Waals surface area contributed by atoms with Gasteiger partial charge < -0.3 is 5.11 Å². The molecule has 0 amide bonds. The molecule has 0 unspecified atom stereocenters. The molecule has 0 aliphatic rings. The Labute approximate surface area is 58.8 Å². The van der Waals surface area contributed by atoms with Crippen molar-refractivity contribution in [3.8, 4) is 5.75 Å². The van der Waals surface area contributed by atoms with E-state index in [0.29, 0.717) is 5.69 Å². The molecule has 0 aliphatic heterocycles. The van der Waals surface area contributed by atoms with E-state index >= 15 is 0 Å². The number of nitrogens with zero attached hydrogens (tertiary/aromatic N) is 1. The summed E-state index contributed by atoms with van der Waals surface area (Å²) in [6.45, 7) is 1.88. The van der Waals surface area contributed by atoms with Gasteiger partial charge >= 0.3 is 0 Å². The SMILES string of the molecule is Cc1ccc(O)c(N=N)c1. The van der Waals surface area contributed by atoms with Crippen LogP contribution in [0.25, 0.3) is 0 Å². The van der Waals surface area contributed by atoms with Crippen molar-refractivity contribution in [2.75, 3.05) is 0 Å². The molecule has 0 heterocycles. The van der Waals surface area contributed by atoms with Gasteiger partial charge in [-0.05, 0) is 24.6 Å². The molecule has 0 saturated carbocycles. The minimum Gasteiger partial charge on any atom is -0.506 e. The van der Waals surface area contributed by atoms with Gasteiger partial charge in [0.25, 0.3) is 0 Å². The standard InChI is InChI=1S/C7H8N2O/c1-5-2-3-7(10)6(4-5)9-8/h2-4,8,10H,1H3. The van der Waals surface area contributed by atoms with Crippen LogP contribution in [0.15, 0.2) is 23.3 Å². The lowest BCUT2D eigenvalue weighted by molar-refractivity contribution is 0.476. The number of benzene rings is 1. The van der Waals surface area contributed by atoms with Gasteiger partial charge in [-0.3, -0.25) is 0 Å². The smallest absolute Gasteiger partial charge is 0.143 e. The van der Waals surface area contributed by atoms with E-state index < -0.39 is 0 Å². The lowest BCUT2D eigenvalue weighted by atomic mass is 10.2. The van der Waals surface area contributed by atoms with Gasteiger partial charge in [-0.2, -0.15) is 5.11 Å². The first kappa shape index (κ1) is 6.74. The Morgan fingerprint density at radius 1 is 1.50 bits per heavy atom. The number of nitrogens with one attached hydrogen (secondary N) is 1. The highest BCUT2D eigenvalue weighted by atomic mass is 16.3. The van der Waals surface area contributed by atoms with Crippen molar-refractivity contribution in [3.05, 3.63) is 23.8 Å². The van der Waals surface area contributed by atoms with Crippen molar-refractivity contribution in [1.82, 2.24) is 0 Å². The van der Waals surface area contributed by atoms with E-state index in [0.717, 1.165) is 5.56 Å². The zero-order chi connectivity index (χ0) is 7.56. The van der Waals surface area contributed by atoms with Crippen LogP contribution in [0.4, 0.5) is 5.69 Å². The van der Waals surface area contributed by atoms with E-state index in [2.05, 4.69) is 5.11 Å². The minimum atomic E-state index is 0.0561. The van der Waals surface area contributed by atoms with Gasteiger partial charge in [-0.15, -0.1) is 0 Å². The molecule has 10 heavy (non-hydrogen) atoms. The molecule has 0 spiro atoms. The van der Waals surface area contributed by atoms with Crippen LogP contribution >= 0.6 is 0 Å². The number of hydrogen-bond acceptors (Lipinski definition) is 3. The summed E-state index contributed by atoms with van der Waals surface area (Å²) in [6.07, 6.45) is 0. The fourth-order valence-corrected chi connectivity index (χ4v) is 0.723. The summed E-state index contributed by atoms with van der Waals surface area (Å²) >= 11 is 0. The zero-order valence-corrected chi connectivity index (χ0v) is 5.63. The highest BCUT2D eigenvalue weighted by Gasteiger charge is 1.96. The van der Waals surface area contributed by atoms with Crippen LogP contribution < -0.4 is 0 Å². The molecule has 3 nitrogen and oxygen atoms in total. The first-order valence-corrected chi connectivity index (χ1v) is 2.91. The number of aromatic hydroxyl groups is 1. The van der Waals surface area contributed by atoms with Crippen LogP contribution in [0.3, 0.4) is 0 Å². The van der Waals surface area contributed by atoms with E-state index in [1.165, 1.54) is 6.07 Å². The van der Waals surface area contributed by atoms with Crippen LogP contribution in [-0.4, -0.2) is 5.11 Å². The monoisotopic (exact) mass is 136 g/mol. The number of hydrogen-bond donors (Lipinski definition) is 2. The summed E-state index contributed by atoms with van der Waals surface area (Å²) in [6, 6.07) is 4.95. The fraction of sp³-hybridized carbons (Fsp3) is 0.143. The summed E-state index contributed by atoms with van der Waals surface area (Å²) in [7, 11) is 0. The average Bonchev–Trinajstić information content (AvgIpc) is 1.94. The van der Waals surface area contributed by atoms with Crippen LogP contribution in [0, 0.1) is 12.5 Å². The maximum atomic E-state index is 9.02. The number of rotatable bonds is 1. The molecule has 0 saturated heterocycles. The lowest BCUT2D eigenvalue weighted by Gasteiger charge is -1.96. The molecular formula is C7H8N2O. The Kier molecular flexibility index (Phi) is 1.67. The van der Waals surface area contributed by atoms with Gasteiger partial charge in [0.05, 0.1) is 0 Å². The van der Waals surface area contributed by atoms with E-state index in [1.54, 1.807) is 12.1 Å². The van der Waals surface area contributed by atoms with Gasteiger partial charge in [-0.1, -0.05) is 6.07 Å². The molecule has 0 aliphatic carbocycles. The van der Waals surface area contributed by atoms with Crippen molar-refractivity contribution < 1.29 is 5.11 Å². The highest BCUT2D eigenvalue weighted by Crippen LogP contribution is 2.26. The van der Waals surface area contributed by atoms with Gasteiger partial charge in [0.2, 0.25) is 0 Å². The molecule has 2 N–H and O–H groups in total. The van der Waals surface area contributed by atoms with Crippen LogP contribution in [0.1, 0.15) is 5.56 Å². The predicted octanol–water partition coefficient (Wildman–Crippen LogP) is 2.36. The van der Waals surface area contributed by atoms with E-state index in [4.69, 9.17) is 10.6 Å². The first-order chi connectivity index (χ1) is 4.74. The second kappa shape index (κ2) is 2.47. The molecular weight excluding hydrogens is 128 g/mol. The maximum absolute atomic E-state index is 9.02. The number of phenols is 1. The fourth-order valence-electron chi connectivity index (χ4n) is 0.723. The summed E-state index contributed by atoms with van der Waals surface area (Å²) < 4.78 is 0. The zero-order valence-electron chi connectivity index (χ0n) is 5.63. The highest BCUT2D eigenvalue weighted by molar-refractivity contribution is 5.51. The predicted molar refractivity (Wildman–Crippen MR) is 37.7 cm³/mol. The third-order valence-corrected chi connectivity index (χ3v) is 1.25. The van der Waals surface area contributed by atoms with Crippen LogP contribution in [0.2, 0.25) is 0 Å². The van der Waals surface area contributed by atoms with E-state index in [-0.39, 0.29) is 5.75 Å². The Bertz CT molecular complexity index is 258. The normalized spacial score (nSPS) is 9.30. The van der Waals surface area contributed by atoms with Gasteiger partial charge in [-0.25, -0.2) is 5.53 Å². The summed E-state index contributed by atoms with van der Waals surface area (Å²) in [5, 5.41) is 12.2. The third-order valence-electron chi connectivity index (χ3n) is 1.25. The molecule has 0 radical (unpaired) electrons. The molecule has 1 aromatic rings. The Hall–Kier alpha value is -1.38. The summed E-state index contributed by atoms with van der Waals surface area (Å²) in [5.41, 5.74) is 7.96. The molecule has 0 aromatic heterocycles.